The molecule has 1 aromatic rings. The summed E-state index contributed by atoms with van der Waals surface area (Å²) >= 11 is 0. The lowest BCUT2D eigenvalue weighted by molar-refractivity contribution is -0.134. The van der Waals surface area contributed by atoms with Crippen LogP contribution in [-0.4, -0.2) is 112 Å². The van der Waals surface area contributed by atoms with Crippen molar-refractivity contribution in [1.82, 2.24) is 20.9 Å². The molecule has 3 aliphatic heterocycles. The molecule has 0 spiro atoms. The Morgan fingerprint density at radius 3 is 2.26 bits per heavy atom. The number of morpholine rings is 1. The van der Waals surface area contributed by atoms with E-state index in [9.17, 15) is 19.2 Å². The molecule has 4 rings (SSSR count). The van der Waals surface area contributed by atoms with Crippen LogP contribution in [0.3, 0.4) is 0 Å². The molecule has 0 saturated carbocycles. The molecule has 2 saturated heterocycles. The van der Waals surface area contributed by atoms with Crippen molar-refractivity contribution in [3.05, 3.63) is 41.5 Å². The minimum atomic E-state index is -1.00. The highest BCUT2D eigenvalue weighted by atomic mass is 16.6. The monoisotopic (exact) mass is 586 g/mol. The third kappa shape index (κ3) is 9.09. The quantitative estimate of drug-likeness (QED) is 0.205. The summed E-state index contributed by atoms with van der Waals surface area (Å²) in [4.78, 5) is 54.8. The van der Waals surface area contributed by atoms with Gasteiger partial charge >= 0.3 is 0 Å². The van der Waals surface area contributed by atoms with Crippen LogP contribution in [0.15, 0.2) is 35.9 Å². The van der Waals surface area contributed by atoms with Gasteiger partial charge in [0.1, 0.15) is 23.4 Å². The van der Waals surface area contributed by atoms with Gasteiger partial charge in [-0.25, -0.2) is 0 Å². The van der Waals surface area contributed by atoms with Gasteiger partial charge in [0.2, 0.25) is 17.7 Å². The Labute approximate surface area is 246 Å². The second-order valence-electron chi connectivity index (χ2n) is 11.1. The van der Waals surface area contributed by atoms with E-state index in [2.05, 4.69) is 16.0 Å². The number of carbonyl (C=O) groups is 4. The first-order chi connectivity index (χ1) is 20.2. The Morgan fingerprint density at radius 1 is 0.952 bits per heavy atom. The summed E-state index contributed by atoms with van der Waals surface area (Å²) < 4.78 is 21.3. The second kappa shape index (κ2) is 14.7. The van der Waals surface area contributed by atoms with E-state index in [4.69, 9.17) is 18.9 Å². The Bertz CT molecular complexity index is 1140. The summed E-state index contributed by atoms with van der Waals surface area (Å²) in [5, 5.41) is 8.41. The number of ketones is 1. The molecular formula is C30H42N4O8. The third-order valence-corrected chi connectivity index (χ3v) is 7.73. The molecule has 0 bridgehead atoms. The SMILES string of the molecule is COc1ccc(C[C@H](NC(=O)[C@H](C)NC(=O)CN2CCOCC2)C(=O)N[C@@H](CC2=CCOCC2)C(=O)[C@@]2(C)CO2)cc1. The Kier molecular flexibility index (Phi) is 11.1. The molecule has 4 atom stereocenters. The van der Waals surface area contributed by atoms with E-state index in [1.165, 1.54) is 0 Å². The lowest BCUT2D eigenvalue weighted by Gasteiger charge is -2.27. The summed E-state index contributed by atoms with van der Waals surface area (Å²) in [6, 6.07) is 4.46. The highest BCUT2D eigenvalue weighted by Gasteiger charge is 2.50. The predicted molar refractivity (Wildman–Crippen MR) is 153 cm³/mol. The van der Waals surface area contributed by atoms with Crippen LogP contribution in [0, 0.1) is 0 Å². The van der Waals surface area contributed by atoms with Crippen molar-refractivity contribution >= 4 is 23.5 Å². The first-order valence-corrected chi connectivity index (χ1v) is 14.4. The molecule has 0 unspecified atom stereocenters. The lowest BCUT2D eigenvalue weighted by atomic mass is 9.92. The van der Waals surface area contributed by atoms with Crippen LogP contribution in [0.25, 0.3) is 0 Å². The summed E-state index contributed by atoms with van der Waals surface area (Å²) in [6.07, 6.45) is 3.11. The molecule has 230 valence electrons. The van der Waals surface area contributed by atoms with Gasteiger partial charge in [0.05, 0.1) is 52.7 Å². The van der Waals surface area contributed by atoms with Crippen LogP contribution in [0.4, 0.5) is 0 Å². The van der Waals surface area contributed by atoms with Crippen molar-refractivity contribution in [2.24, 2.45) is 0 Å². The number of benzene rings is 1. The number of carbonyl (C=O) groups excluding carboxylic acids is 4. The van der Waals surface area contributed by atoms with Crippen molar-refractivity contribution in [2.45, 2.75) is 56.8 Å². The van der Waals surface area contributed by atoms with E-state index in [-0.39, 0.29) is 24.7 Å². The zero-order valence-corrected chi connectivity index (χ0v) is 24.6. The van der Waals surface area contributed by atoms with E-state index < -0.39 is 35.5 Å². The maximum Gasteiger partial charge on any atom is 0.243 e. The molecule has 0 aliphatic carbocycles. The average molecular weight is 587 g/mol. The number of ether oxygens (including phenoxy) is 4. The van der Waals surface area contributed by atoms with Crippen LogP contribution in [0.5, 0.6) is 5.75 Å². The number of epoxide rings is 1. The van der Waals surface area contributed by atoms with E-state index in [1.54, 1.807) is 33.1 Å². The van der Waals surface area contributed by atoms with Gasteiger partial charge in [-0.1, -0.05) is 23.8 Å². The number of amides is 3. The fraction of sp³-hybridized carbons (Fsp3) is 0.600. The number of hydrogen-bond acceptors (Lipinski definition) is 9. The van der Waals surface area contributed by atoms with Crippen molar-refractivity contribution < 1.29 is 38.1 Å². The van der Waals surface area contributed by atoms with E-state index in [0.29, 0.717) is 64.7 Å². The van der Waals surface area contributed by atoms with Crippen LogP contribution >= 0.6 is 0 Å². The molecule has 0 aromatic heterocycles. The Hall–Kier alpha value is -3.32. The molecule has 1 aromatic carbocycles. The highest BCUT2D eigenvalue weighted by molar-refractivity contribution is 5.98. The molecule has 3 aliphatic rings. The highest BCUT2D eigenvalue weighted by Crippen LogP contribution is 2.30. The van der Waals surface area contributed by atoms with E-state index in [1.807, 2.05) is 23.1 Å². The van der Waals surface area contributed by atoms with Crippen molar-refractivity contribution in [2.75, 3.05) is 59.8 Å². The summed E-state index contributed by atoms with van der Waals surface area (Å²) in [5.74, 6) is -0.841. The Balaban J connectivity index is 1.45. The maximum atomic E-state index is 13.7. The lowest BCUT2D eigenvalue weighted by Crippen LogP contribution is -2.57. The molecule has 12 nitrogen and oxygen atoms in total. The minimum Gasteiger partial charge on any atom is -0.497 e. The van der Waals surface area contributed by atoms with Crippen LogP contribution < -0.4 is 20.7 Å². The van der Waals surface area contributed by atoms with Crippen LogP contribution in [0.1, 0.15) is 32.3 Å². The van der Waals surface area contributed by atoms with Crippen molar-refractivity contribution in [3.8, 4) is 5.75 Å². The largest absolute Gasteiger partial charge is 0.497 e. The molecule has 3 N–H and O–H groups in total. The first-order valence-electron chi connectivity index (χ1n) is 14.4. The van der Waals surface area contributed by atoms with E-state index >= 15 is 0 Å². The molecule has 3 heterocycles. The second-order valence-corrected chi connectivity index (χ2v) is 11.1. The number of Topliss-reactive ketones (excluding diaryl/α,β-unsaturated/α-hetero) is 1. The number of nitrogens with zero attached hydrogens (tertiary/aromatic N) is 1. The Morgan fingerprint density at radius 2 is 1.64 bits per heavy atom. The van der Waals surface area contributed by atoms with Gasteiger partial charge in [0.15, 0.2) is 5.78 Å². The fourth-order valence-electron chi connectivity index (χ4n) is 4.93. The number of hydrogen-bond donors (Lipinski definition) is 3. The zero-order chi connectivity index (χ0) is 30.1. The fourth-order valence-corrected chi connectivity index (χ4v) is 4.93. The zero-order valence-electron chi connectivity index (χ0n) is 24.6. The standard InChI is InChI=1S/C30H42N4O8/c1-20(31-26(35)18-34-10-14-41-15-11-34)28(37)33-25(17-21-4-6-23(39-3)7-5-21)29(38)32-24(27(36)30(2)19-42-30)16-22-8-12-40-13-9-22/h4-8,20,24-25H,9-19H2,1-3H3,(H,31,35)(H,32,38)(H,33,37)/t20-,24-,25-,30+/m0/s1. The average Bonchev–Trinajstić information content (AvgIpc) is 3.75. The van der Waals surface area contributed by atoms with Gasteiger partial charge < -0.3 is 34.9 Å². The summed E-state index contributed by atoms with van der Waals surface area (Å²) in [6.45, 7) is 7.17. The molecule has 42 heavy (non-hydrogen) atoms. The smallest absolute Gasteiger partial charge is 0.243 e. The topological polar surface area (TPSA) is 148 Å². The van der Waals surface area contributed by atoms with Gasteiger partial charge in [-0.3, -0.25) is 24.1 Å². The van der Waals surface area contributed by atoms with Gasteiger partial charge in [0.25, 0.3) is 0 Å². The van der Waals surface area contributed by atoms with Gasteiger partial charge in [-0.05, 0) is 44.4 Å². The first kappa shape index (κ1) is 31.6. The normalized spacial score (nSPS) is 22.6. The van der Waals surface area contributed by atoms with Gasteiger partial charge in [-0.15, -0.1) is 0 Å². The molecule has 0 radical (unpaired) electrons. The van der Waals surface area contributed by atoms with Crippen LogP contribution in [0.2, 0.25) is 0 Å². The van der Waals surface area contributed by atoms with E-state index in [0.717, 1.165) is 11.1 Å². The van der Waals surface area contributed by atoms with Gasteiger partial charge in [0, 0.05) is 19.5 Å². The minimum absolute atomic E-state index is 0.155. The molecule has 12 heteroatoms. The summed E-state index contributed by atoms with van der Waals surface area (Å²) in [7, 11) is 1.56. The van der Waals surface area contributed by atoms with Crippen LogP contribution in [-0.2, 0) is 39.8 Å². The number of methoxy groups -OCH3 is 1. The molecular weight excluding hydrogens is 544 g/mol. The summed E-state index contributed by atoms with van der Waals surface area (Å²) in [5.41, 5.74) is 0.877. The maximum absolute atomic E-state index is 13.7. The number of rotatable bonds is 14. The van der Waals surface area contributed by atoms with Crippen molar-refractivity contribution in [3.63, 3.8) is 0 Å². The van der Waals surface area contributed by atoms with Crippen molar-refractivity contribution in [1.29, 1.82) is 0 Å². The van der Waals surface area contributed by atoms with Gasteiger partial charge in [-0.2, -0.15) is 0 Å². The molecule has 2 fully saturated rings. The third-order valence-electron chi connectivity index (χ3n) is 7.73. The predicted octanol–water partition coefficient (Wildman–Crippen LogP) is 0.139. The molecule has 3 amide bonds. The number of nitrogens with one attached hydrogen (secondary N) is 3.